The Morgan fingerprint density at radius 3 is 2.12 bits per heavy atom. The maximum Gasteiger partial charge on any atom is 0.407 e. The van der Waals surface area contributed by atoms with Crippen LogP contribution in [0, 0.1) is 0 Å². The Labute approximate surface area is 199 Å². The molecule has 2 aromatic rings. The molecule has 0 spiro atoms. The molecule has 1 heterocycles. The quantitative estimate of drug-likeness (QED) is 0.580. The molecule has 0 saturated carbocycles. The van der Waals surface area contributed by atoms with Crippen molar-refractivity contribution in [1.82, 2.24) is 15.5 Å². The summed E-state index contributed by atoms with van der Waals surface area (Å²) in [6.45, 7) is 4.59. The van der Waals surface area contributed by atoms with E-state index < -0.39 is 17.6 Å². The van der Waals surface area contributed by atoms with Crippen LogP contribution >= 0.6 is 0 Å². The molecule has 0 unspecified atom stereocenters. The molecule has 1 fully saturated rings. The number of rotatable bonds is 7. The summed E-state index contributed by atoms with van der Waals surface area (Å²) < 4.78 is 5.63. The van der Waals surface area contributed by atoms with Crippen molar-refractivity contribution in [2.45, 2.75) is 44.2 Å². The molecule has 2 aromatic carbocycles. The van der Waals surface area contributed by atoms with Crippen LogP contribution < -0.4 is 10.6 Å². The maximum atomic E-state index is 12.5. The third-order valence-corrected chi connectivity index (χ3v) is 6.61. The number of carboxylic acids is 1. The van der Waals surface area contributed by atoms with E-state index in [0.717, 1.165) is 0 Å². The van der Waals surface area contributed by atoms with Gasteiger partial charge in [-0.3, -0.25) is 9.69 Å². The van der Waals surface area contributed by atoms with Crippen molar-refractivity contribution in [3.8, 4) is 11.1 Å². The van der Waals surface area contributed by atoms with E-state index in [1.54, 1.807) is 0 Å². The van der Waals surface area contributed by atoms with E-state index in [9.17, 15) is 14.4 Å². The zero-order valence-electron chi connectivity index (χ0n) is 19.5. The first kappa shape index (κ1) is 23.8. The number of nitrogens with one attached hydrogen (secondary N) is 2. The number of hydrogen-bond donors (Lipinski definition) is 3. The Morgan fingerprint density at radius 1 is 1.00 bits per heavy atom. The topological polar surface area (TPSA) is 108 Å². The molecule has 2 aliphatic rings. The fraction of sp³-hybridized carbons (Fsp3) is 0.423. The minimum Gasteiger partial charge on any atom is -0.480 e. The van der Waals surface area contributed by atoms with Gasteiger partial charge in [0.1, 0.15) is 12.1 Å². The van der Waals surface area contributed by atoms with E-state index in [2.05, 4.69) is 34.9 Å². The summed E-state index contributed by atoms with van der Waals surface area (Å²) in [5, 5.41) is 14.6. The molecule has 1 aliphatic carbocycles. The average molecular weight is 466 g/mol. The second kappa shape index (κ2) is 9.85. The molecule has 0 atom stereocenters. The number of benzene rings is 2. The zero-order chi connectivity index (χ0) is 24.3. The lowest BCUT2D eigenvalue weighted by atomic mass is 9.98. The third-order valence-electron chi connectivity index (χ3n) is 6.61. The van der Waals surface area contributed by atoms with Gasteiger partial charge < -0.3 is 20.5 Å². The number of carbonyl (C=O) groups is 3. The summed E-state index contributed by atoms with van der Waals surface area (Å²) >= 11 is 0. The second-order valence-electron chi connectivity index (χ2n) is 9.50. The number of alkyl carbamates (subject to hydrolysis) is 1. The number of amides is 2. The number of fused-ring (bicyclic) bond motifs is 3. The summed E-state index contributed by atoms with van der Waals surface area (Å²) in [5.74, 6) is -1.38. The first-order valence-corrected chi connectivity index (χ1v) is 11.6. The van der Waals surface area contributed by atoms with Crippen LogP contribution in [0.3, 0.4) is 0 Å². The Hall–Kier alpha value is -3.39. The molecule has 0 radical (unpaired) electrons. The summed E-state index contributed by atoms with van der Waals surface area (Å²) in [4.78, 5) is 37.8. The molecular formula is C26H31N3O5. The molecule has 34 heavy (non-hydrogen) atoms. The molecule has 3 N–H and O–H groups in total. The van der Waals surface area contributed by atoms with E-state index in [1.807, 2.05) is 29.2 Å². The summed E-state index contributed by atoms with van der Waals surface area (Å²) in [5.41, 5.74) is 3.43. The van der Waals surface area contributed by atoms with Gasteiger partial charge in [0.15, 0.2) is 0 Å². The molecule has 8 nitrogen and oxygen atoms in total. The van der Waals surface area contributed by atoms with Crippen molar-refractivity contribution in [3.05, 3.63) is 59.7 Å². The van der Waals surface area contributed by atoms with Crippen LogP contribution in [0.1, 0.15) is 43.7 Å². The lowest BCUT2D eigenvalue weighted by molar-refractivity contribution is -0.146. The SMILES string of the molecule is CC(C)(NC(=O)CN1CCC(NC(=O)OCC2c3ccccc3-c3ccccc32)CC1)C(=O)O. The first-order valence-electron chi connectivity index (χ1n) is 11.6. The molecule has 1 aliphatic heterocycles. The molecule has 0 aromatic heterocycles. The van der Waals surface area contributed by atoms with Crippen molar-refractivity contribution in [2.24, 2.45) is 0 Å². The van der Waals surface area contributed by atoms with Crippen LogP contribution in [-0.4, -0.2) is 65.8 Å². The van der Waals surface area contributed by atoms with E-state index >= 15 is 0 Å². The van der Waals surface area contributed by atoms with Gasteiger partial charge in [-0.1, -0.05) is 48.5 Å². The van der Waals surface area contributed by atoms with Gasteiger partial charge in [-0.15, -0.1) is 0 Å². The van der Waals surface area contributed by atoms with Crippen LogP contribution in [0.2, 0.25) is 0 Å². The molecular weight excluding hydrogens is 434 g/mol. The molecule has 0 bridgehead atoms. The van der Waals surface area contributed by atoms with E-state index in [0.29, 0.717) is 25.9 Å². The number of carboxylic acid groups (broad SMARTS) is 1. The summed E-state index contributed by atoms with van der Waals surface area (Å²) in [6.07, 6.45) is 0.959. The maximum absolute atomic E-state index is 12.5. The fourth-order valence-electron chi connectivity index (χ4n) is 4.69. The monoisotopic (exact) mass is 465 g/mol. The zero-order valence-corrected chi connectivity index (χ0v) is 19.5. The van der Waals surface area contributed by atoms with Gasteiger partial charge in [0.2, 0.25) is 5.91 Å². The minimum absolute atomic E-state index is 0.0218. The molecule has 8 heteroatoms. The highest BCUT2D eigenvalue weighted by Crippen LogP contribution is 2.44. The van der Waals surface area contributed by atoms with Gasteiger partial charge in [0, 0.05) is 25.0 Å². The van der Waals surface area contributed by atoms with Gasteiger partial charge in [-0.25, -0.2) is 9.59 Å². The summed E-state index contributed by atoms with van der Waals surface area (Å²) in [7, 11) is 0. The average Bonchev–Trinajstić information content (AvgIpc) is 3.12. The van der Waals surface area contributed by atoms with Crippen molar-refractivity contribution in [1.29, 1.82) is 0 Å². The van der Waals surface area contributed by atoms with Gasteiger partial charge in [-0.05, 0) is 48.9 Å². The number of hydrogen-bond acceptors (Lipinski definition) is 5. The highest BCUT2D eigenvalue weighted by molar-refractivity contribution is 5.87. The second-order valence-corrected chi connectivity index (χ2v) is 9.50. The van der Waals surface area contributed by atoms with Gasteiger partial charge in [0.25, 0.3) is 0 Å². The Morgan fingerprint density at radius 2 is 1.56 bits per heavy atom. The fourth-order valence-corrected chi connectivity index (χ4v) is 4.69. The minimum atomic E-state index is -1.30. The number of likely N-dealkylation sites (tertiary alicyclic amines) is 1. The normalized spacial score (nSPS) is 16.4. The van der Waals surface area contributed by atoms with Crippen LogP contribution in [0.15, 0.2) is 48.5 Å². The van der Waals surface area contributed by atoms with E-state index in [-0.39, 0.29) is 31.0 Å². The van der Waals surface area contributed by atoms with Gasteiger partial charge >= 0.3 is 12.1 Å². The molecule has 4 rings (SSSR count). The summed E-state index contributed by atoms with van der Waals surface area (Å²) in [6, 6.07) is 16.4. The van der Waals surface area contributed by atoms with Crippen molar-refractivity contribution in [2.75, 3.05) is 26.2 Å². The highest BCUT2D eigenvalue weighted by atomic mass is 16.5. The van der Waals surface area contributed by atoms with Crippen LogP contribution in [-0.2, 0) is 14.3 Å². The van der Waals surface area contributed by atoms with Crippen LogP contribution in [0.4, 0.5) is 4.79 Å². The van der Waals surface area contributed by atoms with Gasteiger partial charge in [0.05, 0.1) is 6.54 Å². The Balaban J connectivity index is 1.23. The van der Waals surface area contributed by atoms with Crippen molar-refractivity contribution < 1.29 is 24.2 Å². The Kier molecular flexibility index (Phi) is 6.88. The van der Waals surface area contributed by atoms with Crippen LogP contribution in [0.25, 0.3) is 11.1 Å². The number of aliphatic carboxylic acids is 1. The largest absolute Gasteiger partial charge is 0.480 e. The molecule has 180 valence electrons. The van der Waals surface area contributed by atoms with E-state index in [4.69, 9.17) is 9.84 Å². The predicted molar refractivity (Wildman–Crippen MR) is 128 cm³/mol. The molecule has 1 saturated heterocycles. The van der Waals surface area contributed by atoms with Crippen molar-refractivity contribution in [3.63, 3.8) is 0 Å². The predicted octanol–water partition coefficient (Wildman–Crippen LogP) is 2.97. The number of ether oxygens (including phenoxy) is 1. The number of piperidine rings is 1. The Bertz CT molecular complexity index is 1030. The van der Waals surface area contributed by atoms with Crippen LogP contribution in [0.5, 0.6) is 0 Å². The van der Waals surface area contributed by atoms with E-state index in [1.165, 1.54) is 36.1 Å². The lowest BCUT2D eigenvalue weighted by Crippen LogP contribution is -2.53. The smallest absolute Gasteiger partial charge is 0.407 e. The molecule has 2 amide bonds. The number of carbonyl (C=O) groups excluding carboxylic acids is 2. The standard InChI is InChI=1S/C26H31N3O5/c1-26(2,24(31)32)28-23(30)15-29-13-11-17(12-14-29)27-25(33)34-16-22-20-9-5-3-7-18(20)19-8-4-6-10-21(19)22/h3-10,17,22H,11-16H2,1-2H3,(H,27,33)(H,28,30)(H,31,32). The number of nitrogens with zero attached hydrogens (tertiary/aromatic N) is 1. The lowest BCUT2D eigenvalue weighted by Gasteiger charge is -2.32. The van der Waals surface area contributed by atoms with Gasteiger partial charge in [-0.2, -0.15) is 0 Å². The first-order chi connectivity index (χ1) is 16.2. The third kappa shape index (κ3) is 5.22. The highest BCUT2D eigenvalue weighted by Gasteiger charge is 2.31. The van der Waals surface area contributed by atoms with Crippen molar-refractivity contribution >= 4 is 18.0 Å².